The number of aryl methyl sites for hydroxylation is 1. The van der Waals surface area contributed by atoms with Gasteiger partial charge in [-0.25, -0.2) is 9.37 Å². The zero-order valence-electron chi connectivity index (χ0n) is 23.1. The molecule has 2 aromatic heterocycles. The van der Waals surface area contributed by atoms with Crippen LogP contribution in [0.1, 0.15) is 48.9 Å². The average Bonchev–Trinajstić information content (AvgIpc) is 3.93. The van der Waals surface area contributed by atoms with Crippen LogP contribution in [0.2, 0.25) is 5.02 Å². The number of aliphatic hydroxyl groups is 1. The third kappa shape index (κ3) is 6.07. The van der Waals surface area contributed by atoms with Gasteiger partial charge in [0.1, 0.15) is 11.9 Å². The molecule has 10 heteroatoms. The summed E-state index contributed by atoms with van der Waals surface area (Å²) in [6, 6.07) is 15.3. The van der Waals surface area contributed by atoms with Gasteiger partial charge in [0.2, 0.25) is 5.91 Å². The lowest BCUT2D eigenvalue weighted by Crippen LogP contribution is -2.48. The molecule has 4 aromatic rings. The Morgan fingerprint density at radius 1 is 1.07 bits per heavy atom. The lowest BCUT2D eigenvalue weighted by molar-refractivity contribution is -0.131. The number of alkyl halides is 1. The van der Waals surface area contributed by atoms with E-state index in [2.05, 4.69) is 20.6 Å². The van der Waals surface area contributed by atoms with E-state index in [1.54, 1.807) is 30.6 Å². The number of aliphatic hydroxyl groups excluding tert-OH is 1. The summed E-state index contributed by atoms with van der Waals surface area (Å²) in [6.07, 6.45) is 6.91. The molecule has 2 aliphatic carbocycles. The molecule has 0 saturated heterocycles. The molecule has 2 heterocycles. The summed E-state index contributed by atoms with van der Waals surface area (Å²) in [7, 11) is 0. The average molecular weight is 588 g/mol. The predicted molar refractivity (Wildman–Crippen MR) is 158 cm³/mol. The van der Waals surface area contributed by atoms with Crippen LogP contribution in [0.4, 0.5) is 10.1 Å². The summed E-state index contributed by atoms with van der Waals surface area (Å²) in [4.78, 5) is 34.7. The molecule has 3 N–H and O–H groups in total. The number of nitrogens with one attached hydrogen (secondary N) is 2. The minimum atomic E-state index is -1.94. The molecule has 2 aromatic carbocycles. The predicted octanol–water partition coefficient (Wildman–Crippen LogP) is 5.51. The molecule has 1 unspecified atom stereocenters. The van der Waals surface area contributed by atoms with Gasteiger partial charge in [0, 0.05) is 41.4 Å². The highest BCUT2D eigenvalue weighted by molar-refractivity contribution is 6.31. The zero-order valence-corrected chi connectivity index (χ0v) is 23.8. The van der Waals surface area contributed by atoms with Gasteiger partial charge < -0.3 is 20.3 Å². The number of hydrogen-bond donors (Lipinski definition) is 3. The number of carbonyl (C=O) groups excluding carboxylic acids is 2. The van der Waals surface area contributed by atoms with E-state index in [9.17, 15) is 19.1 Å². The lowest BCUT2D eigenvalue weighted by atomic mass is 9.98. The third-order valence-electron chi connectivity index (χ3n) is 7.91. The van der Waals surface area contributed by atoms with Gasteiger partial charge in [-0.05, 0) is 104 Å². The number of anilines is 1. The van der Waals surface area contributed by atoms with Crippen molar-refractivity contribution in [2.24, 2.45) is 5.92 Å². The first-order valence-corrected chi connectivity index (χ1v) is 14.4. The molecule has 0 aliphatic heterocycles. The summed E-state index contributed by atoms with van der Waals surface area (Å²) >= 11 is 6.56. The molecule has 2 fully saturated rings. The Balaban J connectivity index is 1.23. The Morgan fingerprint density at radius 2 is 1.81 bits per heavy atom. The van der Waals surface area contributed by atoms with E-state index in [1.165, 1.54) is 0 Å². The van der Waals surface area contributed by atoms with Crippen LogP contribution in [0.25, 0.3) is 16.8 Å². The van der Waals surface area contributed by atoms with Crippen LogP contribution in [-0.2, 0) is 16.0 Å². The first-order chi connectivity index (χ1) is 20.2. The van der Waals surface area contributed by atoms with Crippen LogP contribution >= 0.6 is 11.6 Å². The van der Waals surface area contributed by atoms with Crippen LogP contribution in [-0.4, -0.2) is 43.2 Å². The second-order valence-corrected chi connectivity index (χ2v) is 11.5. The molecule has 2 atom stereocenters. The highest BCUT2D eigenvalue weighted by atomic mass is 35.5. The van der Waals surface area contributed by atoms with Gasteiger partial charge in [0.05, 0.1) is 11.8 Å². The van der Waals surface area contributed by atoms with Crippen molar-refractivity contribution < 1.29 is 19.1 Å². The maximum Gasteiger partial charge on any atom is 0.258 e. The Kier molecular flexibility index (Phi) is 7.55. The highest BCUT2D eigenvalue weighted by Crippen LogP contribution is 2.41. The molecule has 2 saturated carbocycles. The van der Waals surface area contributed by atoms with Crippen molar-refractivity contribution >= 4 is 29.1 Å². The van der Waals surface area contributed by atoms with Crippen LogP contribution in [0.3, 0.4) is 0 Å². The maximum absolute atomic E-state index is 14.6. The van der Waals surface area contributed by atoms with Crippen molar-refractivity contribution in [3.05, 3.63) is 95.3 Å². The van der Waals surface area contributed by atoms with Gasteiger partial charge in [-0.3, -0.25) is 14.6 Å². The molecule has 0 radical (unpaired) electrons. The van der Waals surface area contributed by atoms with Crippen molar-refractivity contribution in [1.82, 2.24) is 19.9 Å². The summed E-state index contributed by atoms with van der Waals surface area (Å²) < 4.78 is 16.5. The number of nitrogens with zero attached hydrogens (tertiary/aromatic N) is 3. The van der Waals surface area contributed by atoms with E-state index < -0.39 is 29.6 Å². The molecular weight excluding hydrogens is 557 g/mol. The Bertz CT molecular complexity index is 1630. The van der Waals surface area contributed by atoms with E-state index >= 15 is 0 Å². The first-order valence-electron chi connectivity index (χ1n) is 14.0. The summed E-state index contributed by atoms with van der Waals surface area (Å²) in [5, 5.41) is 16.4. The molecule has 42 heavy (non-hydrogen) atoms. The molecule has 0 spiro atoms. The monoisotopic (exact) mass is 587 g/mol. The van der Waals surface area contributed by atoms with E-state index in [0.29, 0.717) is 22.0 Å². The number of aromatic nitrogens is 3. The fraction of sp³-hybridized carbons (Fsp3) is 0.312. The molecule has 216 valence electrons. The number of carbonyl (C=O) groups is 2. The fourth-order valence-corrected chi connectivity index (χ4v) is 5.19. The number of hydrogen-bond acceptors (Lipinski definition) is 5. The largest absolute Gasteiger partial charge is 0.387 e. The van der Waals surface area contributed by atoms with Gasteiger partial charge >= 0.3 is 0 Å². The van der Waals surface area contributed by atoms with E-state index in [4.69, 9.17) is 11.6 Å². The molecular formula is C32H31ClFN5O3. The van der Waals surface area contributed by atoms with Gasteiger partial charge in [-0.1, -0.05) is 17.7 Å². The smallest absolute Gasteiger partial charge is 0.258 e. The number of rotatable bonds is 10. The quantitative estimate of drug-likeness (QED) is 0.227. The molecule has 8 nitrogen and oxygen atoms in total. The van der Waals surface area contributed by atoms with Gasteiger partial charge in [0.15, 0.2) is 5.67 Å². The van der Waals surface area contributed by atoms with Crippen LogP contribution < -0.4 is 10.6 Å². The summed E-state index contributed by atoms with van der Waals surface area (Å²) in [6.45, 7) is 1.89. The van der Waals surface area contributed by atoms with Crippen molar-refractivity contribution in [2.75, 3.05) is 5.32 Å². The molecule has 2 amide bonds. The van der Waals surface area contributed by atoms with Crippen LogP contribution in [0, 0.1) is 12.8 Å². The van der Waals surface area contributed by atoms with Gasteiger partial charge in [-0.15, -0.1) is 0 Å². The SMILES string of the molecule is Cc1nccn1-c1ccc(NC(=O)[C@H](Cc2cc(-c3ccnc(C(O)C4CC4)c3)ccc2Cl)NC(=O)C2(F)CC2)cc1. The fourth-order valence-electron chi connectivity index (χ4n) is 4.99. The number of imidazole rings is 1. The van der Waals surface area contributed by atoms with E-state index in [0.717, 1.165) is 35.5 Å². The summed E-state index contributed by atoms with van der Waals surface area (Å²) in [5.74, 6) is -0.211. The number of benzene rings is 2. The zero-order chi connectivity index (χ0) is 29.4. The van der Waals surface area contributed by atoms with Gasteiger partial charge in [-0.2, -0.15) is 0 Å². The second-order valence-electron chi connectivity index (χ2n) is 11.1. The van der Waals surface area contributed by atoms with Crippen LogP contribution in [0.15, 0.2) is 73.2 Å². The number of halogens is 2. The standard InChI is InChI=1S/C32H31ClFN5O3/c1-19-35-14-15-39(19)25-7-5-24(6-8-25)37-30(41)28(38-31(42)32(34)11-12-32)18-23-16-21(4-9-26(23)33)22-10-13-36-27(17-22)29(40)20-2-3-20/h4-10,13-17,20,28-29,40H,2-3,11-12,18H2,1H3,(H,37,41)(H,38,42)/t28-,29?/m0/s1. The Hall–Kier alpha value is -4.08. The van der Waals surface area contributed by atoms with Crippen LogP contribution in [0.5, 0.6) is 0 Å². The van der Waals surface area contributed by atoms with Crippen molar-refractivity contribution in [1.29, 1.82) is 0 Å². The number of pyridine rings is 1. The number of amides is 2. The van der Waals surface area contributed by atoms with E-state index in [1.807, 2.05) is 54.1 Å². The molecule has 0 bridgehead atoms. The summed E-state index contributed by atoms with van der Waals surface area (Å²) in [5.41, 5.74) is 2.37. The van der Waals surface area contributed by atoms with E-state index in [-0.39, 0.29) is 25.2 Å². The van der Waals surface area contributed by atoms with Crippen molar-refractivity contribution in [3.63, 3.8) is 0 Å². The Labute approximate surface area is 248 Å². The topological polar surface area (TPSA) is 109 Å². The Morgan fingerprint density at radius 3 is 2.48 bits per heavy atom. The maximum atomic E-state index is 14.6. The normalized spacial score (nSPS) is 16.9. The minimum absolute atomic E-state index is 0.0509. The van der Waals surface area contributed by atoms with Crippen molar-refractivity contribution in [3.8, 4) is 16.8 Å². The van der Waals surface area contributed by atoms with Crippen molar-refractivity contribution in [2.45, 2.75) is 56.8 Å². The molecule has 6 rings (SSSR count). The highest BCUT2D eigenvalue weighted by Gasteiger charge is 2.51. The first kappa shape index (κ1) is 28.1. The lowest BCUT2D eigenvalue weighted by Gasteiger charge is -2.21. The van der Waals surface area contributed by atoms with Gasteiger partial charge in [0.25, 0.3) is 5.91 Å². The molecule has 2 aliphatic rings. The minimum Gasteiger partial charge on any atom is -0.387 e. The third-order valence-corrected chi connectivity index (χ3v) is 8.28. The second kappa shape index (κ2) is 11.3.